The molecule has 1 rings (SSSR count). The molecule has 3 nitrogen and oxygen atoms in total. The summed E-state index contributed by atoms with van der Waals surface area (Å²) in [4.78, 5) is 10.7. The number of hydrogen-bond acceptors (Lipinski definition) is 2. The van der Waals surface area contributed by atoms with Crippen LogP contribution in [0.25, 0.3) is 0 Å². The molecule has 0 bridgehead atoms. The number of aromatic carboxylic acids is 1. The second-order valence-electron chi connectivity index (χ2n) is 2.18. The zero-order chi connectivity index (χ0) is 10.2. The molecule has 0 spiro atoms. The van der Waals surface area contributed by atoms with E-state index in [-0.39, 0.29) is 20.8 Å². The third-order valence-electron chi connectivity index (χ3n) is 1.36. The number of rotatable bonds is 1. The Bertz CT molecular complexity index is 378. The van der Waals surface area contributed by atoms with Gasteiger partial charge in [-0.3, -0.25) is 0 Å². The summed E-state index contributed by atoms with van der Waals surface area (Å²) >= 11 is 11.6. The van der Waals surface area contributed by atoms with Crippen molar-refractivity contribution in [2.24, 2.45) is 0 Å². The van der Waals surface area contributed by atoms with Gasteiger partial charge >= 0.3 is 5.97 Å². The summed E-state index contributed by atoms with van der Waals surface area (Å²) in [5.74, 6) is -1.37. The van der Waals surface area contributed by atoms with Crippen molar-refractivity contribution < 1.29 is 15.0 Å². The molecule has 0 unspecified atom stereocenters. The third kappa shape index (κ3) is 1.98. The number of carbonyl (C=O) groups is 1. The van der Waals surface area contributed by atoms with Crippen molar-refractivity contribution >= 4 is 49.4 Å². The van der Waals surface area contributed by atoms with Crippen molar-refractivity contribution in [2.45, 2.75) is 0 Å². The molecule has 0 saturated carbocycles. The first-order valence-corrected chi connectivity index (χ1v) is 5.01. The van der Waals surface area contributed by atoms with Crippen LogP contribution in [0.15, 0.2) is 15.0 Å². The zero-order valence-corrected chi connectivity index (χ0v) is 9.94. The second-order valence-corrected chi connectivity index (χ2v) is 4.24. The van der Waals surface area contributed by atoms with Gasteiger partial charge in [0, 0.05) is 0 Å². The highest BCUT2D eigenvalue weighted by Gasteiger charge is 2.18. The van der Waals surface area contributed by atoms with Crippen molar-refractivity contribution in [3.8, 4) is 5.75 Å². The summed E-state index contributed by atoms with van der Waals surface area (Å²) in [7, 11) is 0. The van der Waals surface area contributed by atoms with E-state index in [1.807, 2.05) is 0 Å². The maximum atomic E-state index is 10.7. The standard InChI is InChI=1S/C7H3Br2ClO3/c8-2-1-3(10)4(7(12)13)5(9)6(2)11/h1,11H,(H,12,13). The predicted octanol–water partition coefficient (Wildman–Crippen LogP) is 3.27. The molecule has 0 atom stereocenters. The third-order valence-corrected chi connectivity index (χ3v) is 3.03. The minimum Gasteiger partial charge on any atom is -0.506 e. The smallest absolute Gasteiger partial charge is 0.338 e. The number of halogens is 3. The topological polar surface area (TPSA) is 57.5 Å². The summed E-state index contributed by atoms with van der Waals surface area (Å²) in [5.41, 5.74) is -0.151. The molecular formula is C7H3Br2ClO3. The van der Waals surface area contributed by atoms with Gasteiger partial charge in [0.1, 0.15) is 5.75 Å². The molecule has 0 fully saturated rings. The van der Waals surface area contributed by atoms with Gasteiger partial charge in [0.25, 0.3) is 0 Å². The molecule has 0 aliphatic heterocycles. The van der Waals surface area contributed by atoms with Crippen LogP contribution < -0.4 is 0 Å². The quantitative estimate of drug-likeness (QED) is 0.831. The molecule has 0 radical (unpaired) electrons. The number of aromatic hydroxyl groups is 1. The van der Waals surface area contributed by atoms with Crippen molar-refractivity contribution in [1.29, 1.82) is 0 Å². The Balaban J connectivity index is 3.53. The van der Waals surface area contributed by atoms with Crippen LogP contribution in [0.5, 0.6) is 5.75 Å². The lowest BCUT2D eigenvalue weighted by Crippen LogP contribution is -1.99. The summed E-state index contributed by atoms with van der Waals surface area (Å²) in [6.07, 6.45) is 0. The molecule has 1 aromatic rings. The Kier molecular flexibility index (Phi) is 3.21. The molecule has 2 N–H and O–H groups in total. The largest absolute Gasteiger partial charge is 0.506 e. The zero-order valence-electron chi connectivity index (χ0n) is 6.01. The van der Waals surface area contributed by atoms with E-state index in [0.717, 1.165) is 0 Å². The fourth-order valence-corrected chi connectivity index (χ4v) is 2.60. The SMILES string of the molecule is O=C(O)c1c(Cl)cc(Br)c(O)c1Br. The Labute approximate surface area is 95.6 Å². The normalized spacial score (nSPS) is 10.1. The Morgan fingerprint density at radius 2 is 2.00 bits per heavy atom. The Hall–Kier alpha value is -0.260. The molecular weight excluding hydrogens is 327 g/mol. The van der Waals surface area contributed by atoms with Crippen molar-refractivity contribution in [3.05, 3.63) is 25.6 Å². The number of carboxylic acid groups (broad SMARTS) is 1. The van der Waals surface area contributed by atoms with Gasteiger partial charge in [0.15, 0.2) is 0 Å². The fraction of sp³-hybridized carbons (Fsp3) is 0. The predicted molar refractivity (Wildman–Crippen MR) is 55.5 cm³/mol. The molecule has 0 aromatic heterocycles. The van der Waals surface area contributed by atoms with Gasteiger partial charge in [-0.05, 0) is 37.9 Å². The van der Waals surface area contributed by atoms with E-state index in [0.29, 0.717) is 4.47 Å². The van der Waals surface area contributed by atoms with Crippen LogP contribution in [0.2, 0.25) is 5.02 Å². The lowest BCUT2D eigenvalue weighted by molar-refractivity contribution is 0.0695. The number of carboxylic acids is 1. The fourth-order valence-electron chi connectivity index (χ4n) is 0.776. The first kappa shape index (κ1) is 10.8. The highest BCUT2D eigenvalue weighted by molar-refractivity contribution is 9.11. The van der Waals surface area contributed by atoms with Crippen molar-refractivity contribution in [1.82, 2.24) is 0 Å². The summed E-state index contributed by atoms with van der Waals surface area (Å²) in [5, 5.41) is 18.1. The summed E-state index contributed by atoms with van der Waals surface area (Å²) < 4.78 is 0.411. The van der Waals surface area contributed by atoms with Crippen LogP contribution in [0.1, 0.15) is 10.4 Å². The van der Waals surface area contributed by atoms with E-state index >= 15 is 0 Å². The van der Waals surface area contributed by atoms with Crippen LogP contribution in [-0.2, 0) is 0 Å². The first-order valence-electron chi connectivity index (χ1n) is 3.05. The van der Waals surface area contributed by atoms with E-state index in [1.54, 1.807) is 0 Å². The molecule has 1 aromatic carbocycles. The molecule has 0 aliphatic rings. The van der Waals surface area contributed by atoms with Gasteiger partial charge in [-0.2, -0.15) is 0 Å². The summed E-state index contributed by atoms with van der Waals surface area (Å²) in [6, 6.07) is 1.32. The van der Waals surface area contributed by atoms with Gasteiger partial charge in [-0.25, -0.2) is 4.79 Å². The van der Waals surface area contributed by atoms with E-state index in [2.05, 4.69) is 31.9 Å². The van der Waals surface area contributed by atoms with E-state index < -0.39 is 5.97 Å². The Morgan fingerprint density at radius 3 is 2.46 bits per heavy atom. The molecule has 0 amide bonds. The first-order chi connectivity index (χ1) is 5.95. The van der Waals surface area contributed by atoms with Crippen LogP contribution in [0.4, 0.5) is 0 Å². The second kappa shape index (κ2) is 3.86. The molecule has 0 heterocycles. The van der Waals surface area contributed by atoms with Gasteiger partial charge in [0.05, 0.1) is 19.5 Å². The maximum Gasteiger partial charge on any atom is 0.338 e. The van der Waals surface area contributed by atoms with E-state index in [9.17, 15) is 9.90 Å². The number of benzene rings is 1. The number of phenolic OH excluding ortho intramolecular Hbond substituents is 1. The van der Waals surface area contributed by atoms with Gasteiger partial charge in [0.2, 0.25) is 0 Å². The average molecular weight is 330 g/mol. The molecule has 13 heavy (non-hydrogen) atoms. The minimum absolute atomic E-state index is 0.0593. The van der Waals surface area contributed by atoms with Gasteiger partial charge < -0.3 is 10.2 Å². The van der Waals surface area contributed by atoms with E-state index in [1.165, 1.54) is 6.07 Å². The van der Waals surface area contributed by atoms with Gasteiger partial charge in [-0.15, -0.1) is 0 Å². The summed E-state index contributed by atoms with van der Waals surface area (Å²) in [6.45, 7) is 0. The van der Waals surface area contributed by atoms with Crippen LogP contribution in [0.3, 0.4) is 0 Å². The maximum absolute atomic E-state index is 10.7. The molecule has 6 heteroatoms. The van der Waals surface area contributed by atoms with Crippen molar-refractivity contribution in [3.63, 3.8) is 0 Å². The molecule has 70 valence electrons. The van der Waals surface area contributed by atoms with E-state index in [4.69, 9.17) is 16.7 Å². The lowest BCUT2D eigenvalue weighted by Gasteiger charge is -2.05. The highest BCUT2D eigenvalue weighted by atomic mass is 79.9. The van der Waals surface area contributed by atoms with Crippen LogP contribution >= 0.6 is 43.5 Å². The molecule has 0 saturated heterocycles. The van der Waals surface area contributed by atoms with Crippen LogP contribution in [0, 0.1) is 0 Å². The van der Waals surface area contributed by atoms with Crippen LogP contribution in [-0.4, -0.2) is 16.2 Å². The Morgan fingerprint density at radius 1 is 1.46 bits per heavy atom. The minimum atomic E-state index is -1.19. The lowest BCUT2D eigenvalue weighted by atomic mass is 10.2. The number of hydrogen-bond donors (Lipinski definition) is 2. The molecule has 0 aliphatic carbocycles. The van der Waals surface area contributed by atoms with Crippen molar-refractivity contribution in [2.75, 3.05) is 0 Å². The highest BCUT2D eigenvalue weighted by Crippen LogP contribution is 2.38. The monoisotopic (exact) mass is 328 g/mol. The average Bonchev–Trinajstić information content (AvgIpc) is 1.99. The number of phenols is 1. The van der Waals surface area contributed by atoms with Gasteiger partial charge in [-0.1, -0.05) is 11.6 Å².